The fourth-order valence-electron chi connectivity index (χ4n) is 3.50. The molecule has 0 bridgehead atoms. The lowest BCUT2D eigenvalue weighted by molar-refractivity contribution is -0.143. The minimum Gasteiger partial charge on any atom is -0.482 e. The topological polar surface area (TPSA) is 81.6 Å². The molecule has 0 atom stereocenters. The Bertz CT molecular complexity index is 1110. The van der Waals surface area contributed by atoms with Gasteiger partial charge in [-0.05, 0) is 43.7 Å². The van der Waals surface area contributed by atoms with Gasteiger partial charge in [-0.25, -0.2) is 4.98 Å². The van der Waals surface area contributed by atoms with Crippen molar-refractivity contribution in [2.24, 2.45) is 0 Å². The normalized spacial score (nSPS) is 12.9. The Kier molecular flexibility index (Phi) is 6.80. The molecular formula is C24H25N3O4S. The Hall–Kier alpha value is -3.26. The van der Waals surface area contributed by atoms with Crippen LogP contribution >= 0.6 is 11.3 Å². The van der Waals surface area contributed by atoms with Gasteiger partial charge in [0.15, 0.2) is 6.61 Å². The summed E-state index contributed by atoms with van der Waals surface area (Å²) in [5, 5.41) is 0.829. The summed E-state index contributed by atoms with van der Waals surface area (Å²) in [6, 6.07) is 11.3. The fraction of sp³-hybridized carbons (Fsp3) is 0.333. The molecule has 1 amide bonds. The number of rotatable bonds is 8. The predicted octanol–water partition coefficient (Wildman–Crippen LogP) is 4.64. The number of thiazole rings is 1. The first-order valence-corrected chi connectivity index (χ1v) is 11.5. The number of aromatic nitrogens is 2. The molecule has 0 aliphatic carbocycles. The van der Waals surface area contributed by atoms with E-state index in [1.165, 1.54) is 4.90 Å². The number of fused-ring (bicyclic) bond motifs is 1. The van der Waals surface area contributed by atoms with Gasteiger partial charge in [0.05, 0.1) is 23.7 Å². The highest BCUT2D eigenvalue weighted by atomic mass is 32.1. The summed E-state index contributed by atoms with van der Waals surface area (Å²) in [4.78, 5) is 36.5. The fourth-order valence-corrected chi connectivity index (χ4v) is 4.41. The van der Waals surface area contributed by atoms with Crippen molar-refractivity contribution in [2.45, 2.75) is 33.1 Å². The van der Waals surface area contributed by atoms with Crippen LogP contribution in [0.4, 0.5) is 5.69 Å². The number of aryl methyl sites for hydroxylation is 1. The van der Waals surface area contributed by atoms with Crippen molar-refractivity contribution in [3.63, 3.8) is 0 Å². The van der Waals surface area contributed by atoms with Gasteiger partial charge in [-0.2, -0.15) is 0 Å². The zero-order valence-corrected chi connectivity index (χ0v) is 19.0. The highest BCUT2D eigenvalue weighted by molar-refractivity contribution is 7.15. The number of hydrogen-bond donors (Lipinski definition) is 0. The van der Waals surface area contributed by atoms with E-state index in [2.05, 4.69) is 11.9 Å². The van der Waals surface area contributed by atoms with E-state index >= 15 is 0 Å². The van der Waals surface area contributed by atoms with Crippen LogP contribution in [-0.2, 0) is 14.3 Å². The molecule has 32 heavy (non-hydrogen) atoms. The molecule has 8 heteroatoms. The van der Waals surface area contributed by atoms with E-state index in [1.807, 2.05) is 43.3 Å². The SMILES string of the molecule is CCCCCOC(=O)CN1C(=O)COc2ccc(-c3nc(-c4ccccn4)sc3C)cc21. The van der Waals surface area contributed by atoms with Gasteiger partial charge in [0.1, 0.15) is 17.3 Å². The molecule has 0 N–H and O–H groups in total. The van der Waals surface area contributed by atoms with Gasteiger partial charge in [-0.1, -0.05) is 25.8 Å². The lowest BCUT2D eigenvalue weighted by Crippen LogP contribution is -2.42. The number of carbonyl (C=O) groups excluding carboxylic acids is 2. The quantitative estimate of drug-likeness (QED) is 0.367. The summed E-state index contributed by atoms with van der Waals surface area (Å²) in [5.74, 6) is -0.135. The zero-order valence-electron chi connectivity index (χ0n) is 18.2. The number of nitrogens with zero attached hydrogens (tertiary/aromatic N) is 3. The van der Waals surface area contributed by atoms with Crippen molar-refractivity contribution in [3.05, 3.63) is 47.5 Å². The Labute approximate surface area is 191 Å². The van der Waals surface area contributed by atoms with Crippen molar-refractivity contribution >= 4 is 28.9 Å². The van der Waals surface area contributed by atoms with Crippen LogP contribution in [0.2, 0.25) is 0 Å². The summed E-state index contributed by atoms with van der Waals surface area (Å²) in [5.41, 5.74) is 3.03. The van der Waals surface area contributed by atoms with Crippen LogP contribution in [0.5, 0.6) is 5.75 Å². The minimum absolute atomic E-state index is 0.102. The summed E-state index contributed by atoms with van der Waals surface area (Å²) < 4.78 is 10.9. The maximum atomic E-state index is 12.5. The zero-order chi connectivity index (χ0) is 22.5. The molecule has 0 saturated heterocycles. The molecule has 1 aliphatic rings. The number of carbonyl (C=O) groups is 2. The van der Waals surface area contributed by atoms with Crippen molar-refractivity contribution < 1.29 is 19.1 Å². The number of pyridine rings is 1. The van der Waals surface area contributed by atoms with Crippen LogP contribution in [0, 0.1) is 6.92 Å². The number of benzene rings is 1. The molecule has 7 nitrogen and oxygen atoms in total. The monoisotopic (exact) mass is 451 g/mol. The number of hydrogen-bond acceptors (Lipinski definition) is 7. The third-order valence-electron chi connectivity index (χ3n) is 5.15. The second-order valence-electron chi connectivity index (χ2n) is 7.52. The lowest BCUT2D eigenvalue weighted by Gasteiger charge is -2.29. The maximum absolute atomic E-state index is 12.5. The molecule has 0 saturated carbocycles. The molecule has 1 aromatic carbocycles. The van der Waals surface area contributed by atoms with Crippen LogP contribution < -0.4 is 9.64 Å². The van der Waals surface area contributed by atoms with Crippen molar-refractivity contribution in [1.29, 1.82) is 0 Å². The van der Waals surface area contributed by atoms with Gasteiger partial charge in [-0.15, -0.1) is 11.3 Å². The second kappa shape index (κ2) is 9.91. The van der Waals surface area contributed by atoms with Crippen LogP contribution in [0.1, 0.15) is 31.1 Å². The molecule has 0 unspecified atom stereocenters. The van der Waals surface area contributed by atoms with E-state index in [4.69, 9.17) is 14.5 Å². The van der Waals surface area contributed by atoms with Crippen LogP contribution in [-0.4, -0.2) is 41.6 Å². The number of esters is 1. The number of ether oxygens (including phenoxy) is 2. The van der Waals surface area contributed by atoms with E-state index in [-0.39, 0.29) is 19.1 Å². The number of amides is 1. The van der Waals surface area contributed by atoms with E-state index in [1.54, 1.807) is 17.5 Å². The maximum Gasteiger partial charge on any atom is 0.326 e. The van der Waals surface area contributed by atoms with Crippen molar-refractivity contribution in [1.82, 2.24) is 9.97 Å². The molecular weight excluding hydrogens is 426 g/mol. The molecule has 3 aromatic rings. The van der Waals surface area contributed by atoms with E-state index in [9.17, 15) is 9.59 Å². The highest BCUT2D eigenvalue weighted by Crippen LogP contribution is 2.38. The summed E-state index contributed by atoms with van der Waals surface area (Å²) in [7, 11) is 0. The Morgan fingerprint density at radius 2 is 2.12 bits per heavy atom. The highest BCUT2D eigenvalue weighted by Gasteiger charge is 2.28. The van der Waals surface area contributed by atoms with Gasteiger partial charge >= 0.3 is 5.97 Å². The minimum atomic E-state index is -0.421. The van der Waals surface area contributed by atoms with E-state index in [0.29, 0.717) is 18.0 Å². The molecule has 1 aliphatic heterocycles. The molecule has 0 radical (unpaired) electrons. The van der Waals surface area contributed by atoms with Crippen LogP contribution in [0.3, 0.4) is 0 Å². The van der Waals surface area contributed by atoms with Crippen molar-refractivity contribution in [2.75, 3.05) is 24.7 Å². The Balaban J connectivity index is 1.58. The average Bonchev–Trinajstić information content (AvgIpc) is 3.20. The summed E-state index contributed by atoms with van der Waals surface area (Å²) in [6.45, 7) is 4.22. The standard InChI is InChI=1S/C24H25N3O4S/c1-3-4-7-12-30-22(29)14-27-19-13-17(9-10-20(19)31-15-21(27)28)23-16(2)32-24(26-23)18-8-5-6-11-25-18/h5-6,8-11,13H,3-4,7,12,14-15H2,1-2H3. The first-order chi connectivity index (χ1) is 15.6. The van der Waals surface area contributed by atoms with Crippen LogP contribution in [0.25, 0.3) is 22.0 Å². The molecule has 2 aromatic heterocycles. The summed E-state index contributed by atoms with van der Waals surface area (Å²) in [6.07, 6.45) is 4.62. The van der Waals surface area contributed by atoms with Gasteiger partial charge in [0.2, 0.25) is 0 Å². The van der Waals surface area contributed by atoms with E-state index < -0.39 is 5.97 Å². The first kappa shape index (κ1) is 22.0. The first-order valence-electron chi connectivity index (χ1n) is 10.7. The smallest absolute Gasteiger partial charge is 0.326 e. The van der Waals surface area contributed by atoms with Gasteiger partial charge in [-0.3, -0.25) is 19.5 Å². The molecule has 4 rings (SSSR count). The molecule has 166 valence electrons. The summed E-state index contributed by atoms with van der Waals surface area (Å²) >= 11 is 1.57. The van der Waals surface area contributed by atoms with E-state index in [0.717, 1.165) is 46.1 Å². The molecule has 3 heterocycles. The second-order valence-corrected chi connectivity index (χ2v) is 8.72. The number of unbranched alkanes of at least 4 members (excludes halogenated alkanes) is 2. The Morgan fingerprint density at radius 3 is 2.91 bits per heavy atom. The molecule has 0 fully saturated rings. The Morgan fingerprint density at radius 1 is 1.25 bits per heavy atom. The van der Waals surface area contributed by atoms with Crippen LogP contribution in [0.15, 0.2) is 42.6 Å². The average molecular weight is 452 g/mol. The number of anilines is 1. The molecule has 0 spiro atoms. The third kappa shape index (κ3) is 4.80. The van der Waals surface area contributed by atoms with Gasteiger partial charge < -0.3 is 9.47 Å². The third-order valence-corrected chi connectivity index (χ3v) is 6.15. The largest absolute Gasteiger partial charge is 0.482 e. The van der Waals surface area contributed by atoms with Crippen molar-refractivity contribution in [3.8, 4) is 27.7 Å². The lowest BCUT2D eigenvalue weighted by atomic mass is 10.1. The van der Waals surface area contributed by atoms with Gasteiger partial charge in [0, 0.05) is 16.6 Å². The van der Waals surface area contributed by atoms with Gasteiger partial charge in [0.25, 0.3) is 5.91 Å². The predicted molar refractivity (Wildman–Crippen MR) is 124 cm³/mol.